The van der Waals surface area contributed by atoms with Gasteiger partial charge >= 0.3 is 6.03 Å². The van der Waals surface area contributed by atoms with Crippen LogP contribution < -0.4 is 19.7 Å². The van der Waals surface area contributed by atoms with Crippen molar-refractivity contribution in [1.82, 2.24) is 10.0 Å². The molecule has 2 aliphatic heterocycles. The minimum absolute atomic E-state index is 0.0203. The van der Waals surface area contributed by atoms with Crippen molar-refractivity contribution >= 4 is 39.1 Å². The van der Waals surface area contributed by atoms with Crippen molar-refractivity contribution in [2.45, 2.75) is 88.0 Å². The Hall–Kier alpha value is -3.12. The molecule has 2 bridgehead atoms. The van der Waals surface area contributed by atoms with Crippen LogP contribution in [0.15, 0.2) is 57.8 Å². The number of hydrogen-bond donors (Lipinski definition) is 2. The smallest absolute Gasteiger partial charge is 0.327 e. The van der Waals surface area contributed by atoms with Gasteiger partial charge in [-0.15, -0.1) is 4.36 Å². The van der Waals surface area contributed by atoms with E-state index in [-0.39, 0.29) is 23.6 Å². The quantitative estimate of drug-likeness (QED) is 0.370. The summed E-state index contributed by atoms with van der Waals surface area (Å²) in [5.74, 6) is 0.543. The lowest BCUT2D eigenvalue weighted by Gasteiger charge is -2.43. The van der Waals surface area contributed by atoms with Crippen LogP contribution in [0.1, 0.15) is 63.5 Å². The summed E-state index contributed by atoms with van der Waals surface area (Å²) < 4.78 is 39.9. The van der Waals surface area contributed by atoms with E-state index in [1.54, 1.807) is 39.2 Å². The number of nitrogens with zero attached hydrogens (tertiary/aromatic N) is 2. The molecule has 0 saturated heterocycles. The summed E-state index contributed by atoms with van der Waals surface area (Å²) in [6.45, 7) is 5.14. The topological polar surface area (TPSA) is 119 Å². The fourth-order valence-corrected chi connectivity index (χ4v) is 8.21. The monoisotopic (exact) mass is 684 g/mol. The average molecular weight is 685 g/mol. The van der Waals surface area contributed by atoms with Gasteiger partial charge in [-0.1, -0.05) is 29.8 Å². The van der Waals surface area contributed by atoms with Crippen molar-refractivity contribution in [1.29, 1.82) is 0 Å². The maximum Gasteiger partial charge on any atom is 0.327 e. The first-order valence-electron chi connectivity index (χ1n) is 16.6. The van der Waals surface area contributed by atoms with Crippen LogP contribution in [0.3, 0.4) is 0 Å². The second kappa shape index (κ2) is 14.2. The number of nitrogens with one attached hydrogen (secondary N) is 2. The summed E-state index contributed by atoms with van der Waals surface area (Å²) in [6.07, 6.45) is 10.3. The Kier molecular flexibility index (Phi) is 10.2. The number of urea groups is 1. The number of anilines is 1. The third-order valence-corrected chi connectivity index (χ3v) is 11.6. The molecule has 2 heterocycles. The first kappa shape index (κ1) is 33.8. The lowest BCUT2D eigenvalue weighted by molar-refractivity contribution is -0.137. The SMILES string of the molecule is CO[C@H]1/C=C/COC(C)(C)C(=O)N=S(=O)(NC(=O)NC2CC2)c2ccc3c(c2)N(CCCCc2cc(Cl)ccc2CO3)C[C@@H]2CC[C@H]21. The largest absolute Gasteiger partial charge is 0.487 e. The Labute approximate surface area is 282 Å². The van der Waals surface area contributed by atoms with Crippen LogP contribution >= 0.6 is 11.6 Å². The van der Waals surface area contributed by atoms with Gasteiger partial charge in [0.2, 0.25) is 0 Å². The van der Waals surface area contributed by atoms with Gasteiger partial charge in [0.15, 0.2) is 9.92 Å². The molecule has 254 valence electrons. The van der Waals surface area contributed by atoms with E-state index in [2.05, 4.69) is 19.3 Å². The number of amides is 3. The Morgan fingerprint density at radius 2 is 1.94 bits per heavy atom. The van der Waals surface area contributed by atoms with Crippen molar-refractivity contribution in [3.63, 3.8) is 0 Å². The number of ether oxygens (including phenoxy) is 3. The summed E-state index contributed by atoms with van der Waals surface area (Å²) in [4.78, 5) is 29.2. The second-order valence-corrected chi connectivity index (χ2v) is 15.8. The Balaban J connectivity index is 1.46. The number of hydrogen-bond acceptors (Lipinski definition) is 7. The molecule has 0 spiro atoms. The highest BCUT2D eigenvalue weighted by Gasteiger charge is 2.38. The molecular weight excluding hydrogens is 640 g/mol. The van der Waals surface area contributed by atoms with E-state index < -0.39 is 27.5 Å². The molecule has 47 heavy (non-hydrogen) atoms. The number of fused-ring (bicyclic) bond motifs is 3. The van der Waals surface area contributed by atoms with E-state index in [1.807, 2.05) is 30.4 Å². The summed E-state index contributed by atoms with van der Waals surface area (Å²) in [5, 5.41) is 3.52. The molecule has 10 nitrogen and oxygen atoms in total. The zero-order chi connectivity index (χ0) is 33.2. The molecule has 4 atom stereocenters. The standard InChI is InChI=1S/C35H45ClN4O6S/c1-35(2)33(41)38-47(43,39-34(42)37-27-12-13-27)28-14-16-32-30(20-28)40(21-24-10-15-29(24)31(44-3)8-6-18-46-35)17-5-4-7-23-19-26(36)11-9-25(23)22-45-32/h6,8-9,11,14,16,19-20,24,27,29,31H,4-5,7,10,12-13,15,17-18,21-22H2,1-3H3,(H2,37,38,39,41,42,43)/b8-6+/t24-,29+,31-,47?/m0/s1. The van der Waals surface area contributed by atoms with E-state index in [0.717, 1.165) is 69.3 Å². The van der Waals surface area contributed by atoms with E-state index in [9.17, 15) is 13.8 Å². The number of methoxy groups -OCH3 is 1. The predicted molar refractivity (Wildman–Crippen MR) is 182 cm³/mol. The Morgan fingerprint density at radius 1 is 1.11 bits per heavy atom. The van der Waals surface area contributed by atoms with Crippen molar-refractivity contribution in [3.05, 3.63) is 64.7 Å². The minimum Gasteiger partial charge on any atom is -0.487 e. The number of carbonyl (C=O) groups excluding carboxylic acids is 2. The molecule has 2 aromatic rings. The summed E-state index contributed by atoms with van der Waals surface area (Å²) >= 11 is 6.36. The number of rotatable bonds is 3. The van der Waals surface area contributed by atoms with Gasteiger partial charge in [0.25, 0.3) is 5.91 Å². The normalized spacial score (nSPS) is 28.6. The van der Waals surface area contributed by atoms with Crippen LogP contribution in [0.25, 0.3) is 0 Å². The van der Waals surface area contributed by atoms with Crippen molar-refractivity contribution in [3.8, 4) is 5.75 Å². The highest BCUT2D eigenvalue weighted by Crippen LogP contribution is 2.42. The van der Waals surface area contributed by atoms with Crippen LogP contribution in [0.2, 0.25) is 5.02 Å². The highest BCUT2D eigenvalue weighted by atomic mass is 35.5. The first-order chi connectivity index (χ1) is 22.5. The van der Waals surface area contributed by atoms with Crippen molar-refractivity contribution < 1.29 is 28.0 Å². The lowest BCUT2D eigenvalue weighted by Crippen LogP contribution is -2.44. The molecule has 2 fully saturated rings. The summed E-state index contributed by atoms with van der Waals surface area (Å²) in [5.41, 5.74) is 1.58. The highest BCUT2D eigenvalue weighted by molar-refractivity contribution is 7.92. The van der Waals surface area contributed by atoms with Crippen LogP contribution in [0.5, 0.6) is 5.75 Å². The van der Waals surface area contributed by atoms with Gasteiger partial charge in [-0.3, -0.25) is 4.79 Å². The van der Waals surface area contributed by atoms with Gasteiger partial charge in [-0.2, -0.15) is 0 Å². The fraction of sp³-hybridized carbons (Fsp3) is 0.543. The average Bonchev–Trinajstić information content (AvgIpc) is 3.84. The Morgan fingerprint density at radius 3 is 2.68 bits per heavy atom. The van der Waals surface area contributed by atoms with Crippen molar-refractivity contribution in [2.75, 3.05) is 31.7 Å². The number of aryl methyl sites for hydroxylation is 1. The molecule has 1 unspecified atom stereocenters. The van der Waals surface area contributed by atoms with E-state index in [0.29, 0.717) is 29.2 Å². The fourth-order valence-electron chi connectivity index (χ4n) is 6.46. The van der Waals surface area contributed by atoms with Crippen LogP contribution in [0.4, 0.5) is 10.5 Å². The third-order valence-electron chi connectivity index (χ3n) is 9.63. The van der Waals surface area contributed by atoms with Gasteiger partial charge in [0, 0.05) is 31.3 Å². The van der Waals surface area contributed by atoms with Crippen molar-refractivity contribution in [2.24, 2.45) is 16.2 Å². The zero-order valence-electron chi connectivity index (χ0n) is 27.3. The maximum atomic E-state index is 14.8. The molecule has 2 N–H and O–H groups in total. The first-order valence-corrected chi connectivity index (χ1v) is 18.5. The molecule has 3 amide bonds. The van der Waals surface area contributed by atoms with E-state index >= 15 is 0 Å². The molecule has 0 aromatic heterocycles. The molecule has 0 radical (unpaired) electrons. The van der Waals surface area contributed by atoms with Gasteiger partial charge in [-0.25, -0.2) is 13.7 Å². The van der Waals surface area contributed by atoms with E-state index in [4.69, 9.17) is 25.8 Å². The van der Waals surface area contributed by atoms with Gasteiger partial charge in [0.05, 0.1) is 23.3 Å². The van der Waals surface area contributed by atoms with Crippen LogP contribution in [-0.2, 0) is 37.2 Å². The van der Waals surface area contributed by atoms with Gasteiger partial charge in [-0.05, 0) is 112 Å². The molecule has 6 rings (SSSR count). The van der Waals surface area contributed by atoms with E-state index in [1.165, 1.54) is 5.56 Å². The molecule has 4 aliphatic rings. The third kappa shape index (κ3) is 7.96. The molecule has 2 aromatic carbocycles. The van der Waals surface area contributed by atoms with Crippen LogP contribution in [-0.4, -0.2) is 60.7 Å². The molecule has 2 aliphatic carbocycles. The number of benzene rings is 2. The number of carbonyl (C=O) groups is 2. The van der Waals surface area contributed by atoms with Gasteiger partial charge < -0.3 is 24.4 Å². The molecular formula is C35H45ClN4O6S. The summed E-state index contributed by atoms with van der Waals surface area (Å²) in [6, 6.07) is 10.5. The second-order valence-electron chi connectivity index (χ2n) is 13.5. The predicted octanol–water partition coefficient (Wildman–Crippen LogP) is 6.20. The molecule has 2 saturated carbocycles. The Bertz CT molecular complexity index is 1650. The summed E-state index contributed by atoms with van der Waals surface area (Å²) in [7, 11) is -2.05. The lowest BCUT2D eigenvalue weighted by atomic mass is 9.70. The number of halogens is 1. The molecule has 12 heteroatoms. The van der Waals surface area contributed by atoms with Gasteiger partial charge in [0.1, 0.15) is 18.0 Å². The maximum absolute atomic E-state index is 14.8. The van der Waals surface area contributed by atoms with Crippen LogP contribution in [0, 0.1) is 11.8 Å². The zero-order valence-corrected chi connectivity index (χ0v) is 28.9. The minimum atomic E-state index is -3.78.